The fourth-order valence-electron chi connectivity index (χ4n) is 4.72. The molecule has 5 heteroatoms. The van der Waals surface area contributed by atoms with Crippen LogP contribution in [0.5, 0.6) is 0 Å². The number of aliphatic hydroxyl groups excluding tert-OH is 1. The average Bonchev–Trinajstić information content (AvgIpc) is 2.72. The van der Waals surface area contributed by atoms with Gasteiger partial charge < -0.3 is 14.6 Å². The molecule has 1 fully saturated rings. The molecule has 1 aliphatic rings. The van der Waals surface area contributed by atoms with Gasteiger partial charge in [-0.3, -0.25) is 9.69 Å². The van der Waals surface area contributed by atoms with Gasteiger partial charge in [0.2, 0.25) is 0 Å². The summed E-state index contributed by atoms with van der Waals surface area (Å²) in [6.07, 6.45) is 1.05. The lowest BCUT2D eigenvalue weighted by Gasteiger charge is -2.34. The van der Waals surface area contributed by atoms with Crippen molar-refractivity contribution >= 4 is 21.8 Å². The lowest BCUT2D eigenvalue weighted by atomic mass is 10.0. The number of nitrogens with zero attached hydrogens (tertiary/aromatic N) is 3. The summed E-state index contributed by atoms with van der Waals surface area (Å²) in [6, 6.07) is 12.2. The fraction of sp³-hybridized carbons (Fsp3) is 0.458. The molecule has 0 bridgehead atoms. The second kappa shape index (κ2) is 8.66. The molecule has 3 aromatic rings. The largest absolute Gasteiger partial charge is 0.395 e. The zero-order chi connectivity index (χ0) is 20.4. The molecule has 0 atom stereocenters. The van der Waals surface area contributed by atoms with E-state index < -0.39 is 0 Å². The van der Waals surface area contributed by atoms with Crippen LogP contribution in [0, 0.1) is 13.8 Å². The number of aromatic nitrogens is 1. The molecule has 2 aromatic carbocycles. The highest BCUT2D eigenvalue weighted by Crippen LogP contribution is 2.24. The first-order valence-corrected chi connectivity index (χ1v) is 10.7. The maximum Gasteiger partial charge on any atom is 0.197 e. The molecular formula is C24H31N3O2. The summed E-state index contributed by atoms with van der Waals surface area (Å²) in [5.41, 5.74) is 4.55. The number of β-amino-alcohol motifs (C(OH)–C–C–N with tert-alkyl or cyclic N) is 1. The number of fused-ring (bicyclic) bond motifs is 2. The zero-order valence-corrected chi connectivity index (χ0v) is 17.5. The monoisotopic (exact) mass is 393 g/mol. The normalized spacial score (nSPS) is 16.1. The van der Waals surface area contributed by atoms with Gasteiger partial charge in [-0.25, -0.2) is 0 Å². The molecule has 0 aliphatic carbocycles. The quantitative estimate of drug-likeness (QED) is 0.655. The van der Waals surface area contributed by atoms with E-state index in [-0.39, 0.29) is 12.0 Å². The van der Waals surface area contributed by atoms with E-state index in [0.29, 0.717) is 0 Å². The standard InChI is InChI=1S/C24H31N3O2/c1-18-16-19(2)23-21(17-18)24(29)20-6-3-4-7-22(20)27(23)9-5-8-25-10-12-26(13-11-25)14-15-28/h3-4,6-7,16-17,28H,5,8-15H2,1-2H3. The van der Waals surface area contributed by atoms with Gasteiger partial charge in [0.15, 0.2) is 5.43 Å². The summed E-state index contributed by atoms with van der Waals surface area (Å²) in [5.74, 6) is 0. The molecular weight excluding hydrogens is 362 g/mol. The van der Waals surface area contributed by atoms with E-state index in [1.807, 2.05) is 24.3 Å². The number of hydrogen-bond donors (Lipinski definition) is 1. The first-order valence-electron chi connectivity index (χ1n) is 10.7. The van der Waals surface area contributed by atoms with Crippen molar-refractivity contribution in [1.29, 1.82) is 0 Å². The Morgan fingerprint density at radius 2 is 1.59 bits per heavy atom. The third-order valence-corrected chi connectivity index (χ3v) is 6.14. The van der Waals surface area contributed by atoms with Gasteiger partial charge in [-0.2, -0.15) is 0 Å². The molecule has 2 heterocycles. The summed E-state index contributed by atoms with van der Waals surface area (Å²) in [5, 5.41) is 10.7. The number of para-hydroxylation sites is 1. The minimum absolute atomic E-state index is 0.138. The first-order chi connectivity index (χ1) is 14.1. The number of benzene rings is 2. The predicted octanol–water partition coefficient (Wildman–Crippen LogP) is 2.77. The van der Waals surface area contributed by atoms with Gasteiger partial charge >= 0.3 is 0 Å². The predicted molar refractivity (Wildman–Crippen MR) is 120 cm³/mol. The molecule has 1 saturated heterocycles. The number of hydrogen-bond acceptors (Lipinski definition) is 4. The maximum atomic E-state index is 13.1. The van der Waals surface area contributed by atoms with Gasteiger partial charge in [0, 0.05) is 50.0 Å². The first kappa shape index (κ1) is 20.1. The van der Waals surface area contributed by atoms with E-state index >= 15 is 0 Å². The molecule has 0 radical (unpaired) electrons. The Bertz CT molecular complexity index is 1070. The van der Waals surface area contributed by atoms with Crippen LogP contribution in [-0.2, 0) is 6.54 Å². The van der Waals surface area contributed by atoms with E-state index in [2.05, 4.69) is 40.3 Å². The smallest absolute Gasteiger partial charge is 0.197 e. The highest BCUT2D eigenvalue weighted by Gasteiger charge is 2.17. The summed E-state index contributed by atoms with van der Waals surface area (Å²) >= 11 is 0. The van der Waals surface area contributed by atoms with Crippen LogP contribution in [0.25, 0.3) is 21.8 Å². The van der Waals surface area contributed by atoms with Crippen molar-refractivity contribution in [1.82, 2.24) is 14.4 Å². The summed E-state index contributed by atoms with van der Waals surface area (Å²) in [6.45, 7) is 11.3. The van der Waals surface area contributed by atoms with E-state index in [1.165, 1.54) is 5.56 Å². The van der Waals surface area contributed by atoms with E-state index in [9.17, 15) is 4.79 Å². The van der Waals surface area contributed by atoms with E-state index in [1.54, 1.807) is 0 Å². The zero-order valence-electron chi connectivity index (χ0n) is 17.5. The molecule has 1 aliphatic heterocycles. The molecule has 4 rings (SSSR count). The highest BCUT2D eigenvalue weighted by molar-refractivity contribution is 5.95. The summed E-state index contributed by atoms with van der Waals surface area (Å²) in [4.78, 5) is 17.9. The molecule has 1 aromatic heterocycles. The van der Waals surface area contributed by atoms with Crippen LogP contribution in [0.2, 0.25) is 0 Å². The molecule has 0 saturated carbocycles. The van der Waals surface area contributed by atoms with Crippen molar-refractivity contribution < 1.29 is 5.11 Å². The van der Waals surface area contributed by atoms with Crippen LogP contribution in [0.3, 0.4) is 0 Å². The van der Waals surface area contributed by atoms with E-state index in [4.69, 9.17) is 5.11 Å². The van der Waals surface area contributed by atoms with Gasteiger partial charge in [-0.15, -0.1) is 0 Å². The van der Waals surface area contributed by atoms with E-state index in [0.717, 1.165) is 79.6 Å². The SMILES string of the molecule is Cc1cc(C)c2c(c1)c(=O)c1ccccc1n2CCCN1CCN(CCO)CC1. The Balaban J connectivity index is 1.60. The topological polar surface area (TPSA) is 48.7 Å². The second-order valence-electron chi connectivity index (χ2n) is 8.24. The van der Waals surface area contributed by atoms with Crippen molar-refractivity contribution in [3.63, 3.8) is 0 Å². The Morgan fingerprint density at radius 1 is 0.897 bits per heavy atom. The number of pyridine rings is 1. The van der Waals surface area contributed by atoms with Gasteiger partial charge in [-0.1, -0.05) is 18.2 Å². The van der Waals surface area contributed by atoms with Crippen LogP contribution in [0.15, 0.2) is 41.2 Å². The molecule has 1 N–H and O–H groups in total. The van der Waals surface area contributed by atoms with Crippen LogP contribution in [0.4, 0.5) is 0 Å². The van der Waals surface area contributed by atoms with Crippen LogP contribution in [0.1, 0.15) is 17.5 Å². The summed E-state index contributed by atoms with van der Waals surface area (Å²) in [7, 11) is 0. The third-order valence-electron chi connectivity index (χ3n) is 6.14. The van der Waals surface area contributed by atoms with Crippen molar-refractivity contribution in [2.24, 2.45) is 0 Å². The molecule has 29 heavy (non-hydrogen) atoms. The van der Waals surface area contributed by atoms with Crippen LogP contribution in [-0.4, -0.2) is 65.3 Å². The molecule has 0 unspecified atom stereocenters. The number of aliphatic hydroxyl groups is 1. The summed E-state index contributed by atoms with van der Waals surface area (Å²) < 4.78 is 2.35. The Morgan fingerprint density at radius 3 is 2.31 bits per heavy atom. The van der Waals surface area contributed by atoms with Crippen molar-refractivity contribution in [3.8, 4) is 0 Å². The van der Waals surface area contributed by atoms with Gasteiger partial charge in [0.05, 0.1) is 17.6 Å². The number of aryl methyl sites for hydroxylation is 3. The fourth-order valence-corrected chi connectivity index (χ4v) is 4.72. The highest BCUT2D eigenvalue weighted by atomic mass is 16.3. The lowest BCUT2D eigenvalue weighted by Crippen LogP contribution is -2.47. The molecule has 0 spiro atoms. The molecule has 0 amide bonds. The molecule has 5 nitrogen and oxygen atoms in total. The second-order valence-corrected chi connectivity index (χ2v) is 8.24. The minimum atomic E-state index is 0.138. The van der Waals surface area contributed by atoms with Gasteiger partial charge in [0.25, 0.3) is 0 Å². The van der Waals surface area contributed by atoms with Crippen LogP contribution >= 0.6 is 0 Å². The van der Waals surface area contributed by atoms with Crippen molar-refractivity contribution in [2.45, 2.75) is 26.8 Å². The Hall–Kier alpha value is -2.21. The maximum absolute atomic E-state index is 13.1. The van der Waals surface area contributed by atoms with Gasteiger partial charge in [0.1, 0.15) is 0 Å². The third kappa shape index (κ3) is 4.08. The van der Waals surface area contributed by atoms with Gasteiger partial charge in [-0.05, 0) is 56.1 Å². The van der Waals surface area contributed by atoms with Crippen LogP contribution < -0.4 is 5.43 Å². The minimum Gasteiger partial charge on any atom is -0.395 e. The lowest BCUT2D eigenvalue weighted by molar-refractivity contribution is 0.111. The average molecular weight is 394 g/mol. The number of rotatable bonds is 6. The number of piperazine rings is 1. The van der Waals surface area contributed by atoms with Crippen molar-refractivity contribution in [3.05, 3.63) is 57.7 Å². The Kier molecular flexibility index (Phi) is 5.99. The molecule has 154 valence electrons. The van der Waals surface area contributed by atoms with Crippen molar-refractivity contribution in [2.75, 3.05) is 45.9 Å². The Labute approximate surface area is 172 Å².